The van der Waals surface area contributed by atoms with E-state index in [1.165, 1.54) is 0 Å². The van der Waals surface area contributed by atoms with E-state index >= 15 is 0 Å². The minimum Gasteiger partial charge on any atom is -0.497 e. The van der Waals surface area contributed by atoms with Crippen molar-refractivity contribution in [3.8, 4) is 17.2 Å². The topological polar surface area (TPSA) is 59.6 Å². The van der Waals surface area contributed by atoms with Gasteiger partial charge < -0.3 is 20.1 Å². The maximum absolute atomic E-state index is 12.6. The minimum absolute atomic E-state index is 0.140. The molecule has 0 heterocycles. The summed E-state index contributed by atoms with van der Waals surface area (Å²) in [5, 5.41) is 8.35. The molecule has 0 unspecified atom stereocenters. The van der Waals surface area contributed by atoms with Crippen LogP contribution >= 0.6 is 0 Å². The van der Waals surface area contributed by atoms with E-state index in [1.807, 2.05) is 84.9 Å². The van der Waals surface area contributed by atoms with E-state index in [2.05, 4.69) is 10.6 Å². The Hall–Kier alpha value is -3.99. The number of para-hydroxylation sites is 2. The van der Waals surface area contributed by atoms with E-state index < -0.39 is 0 Å². The molecule has 0 atom stereocenters. The molecule has 0 aliphatic rings. The largest absolute Gasteiger partial charge is 0.497 e. The Morgan fingerprint density at radius 1 is 0.800 bits per heavy atom. The Labute approximate surface area is 175 Å². The molecule has 0 spiro atoms. The van der Waals surface area contributed by atoms with Gasteiger partial charge in [-0.05, 0) is 35.7 Å². The number of anilines is 2. The molecule has 5 nitrogen and oxygen atoms in total. The number of rotatable bonds is 7. The third-order valence-corrected chi connectivity index (χ3v) is 4.66. The minimum atomic E-state index is -0.162. The lowest BCUT2D eigenvalue weighted by Crippen LogP contribution is -2.22. The molecule has 0 fully saturated rings. The lowest BCUT2D eigenvalue weighted by atomic mass is 10.1. The van der Waals surface area contributed by atoms with Crippen molar-refractivity contribution in [3.05, 3.63) is 91.0 Å². The number of nitrogens with one attached hydrogen (secondary N) is 2. The summed E-state index contributed by atoms with van der Waals surface area (Å²) >= 11 is 0. The van der Waals surface area contributed by atoms with Crippen LogP contribution in [0.4, 0.5) is 11.4 Å². The van der Waals surface area contributed by atoms with Gasteiger partial charge in [0.15, 0.2) is 5.75 Å². The standard InChI is InChI=1S/C25H22N2O3/c1-29-19-10-7-11-20(16-19)30-24-15-5-4-13-23(24)27-25(28)17-26-22-14-6-9-18-8-2-3-12-21(18)22/h2-16,26H,17H2,1H3,(H,27,28). The van der Waals surface area contributed by atoms with Crippen LogP contribution in [0.2, 0.25) is 0 Å². The first-order valence-electron chi connectivity index (χ1n) is 9.65. The van der Waals surface area contributed by atoms with Crippen molar-refractivity contribution < 1.29 is 14.3 Å². The Balaban J connectivity index is 1.44. The van der Waals surface area contributed by atoms with E-state index in [0.717, 1.165) is 16.5 Å². The highest BCUT2D eigenvalue weighted by atomic mass is 16.5. The van der Waals surface area contributed by atoms with Gasteiger partial charge in [-0.1, -0.05) is 54.6 Å². The molecule has 1 amide bonds. The lowest BCUT2D eigenvalue weighted by Gasteiger charge is -2.14. The van der Waals surface area contributed by atoms with E-state index in [9.17, 15) is 4.79 Å². The van der Waals surface area contributed by atoms with Crippen molar-refractivity contribution in [3.63, 3.8) is 0 Å². The number of hydrogen-bond donors (Lipinski definition) is 2. The maximum Gasteiger partial charge on any atom is 0.243 e. The predicted molar refractivity (Wildman–Crippen MR) is 121 cm³/mol. The van der Waals surface area contributed by atoms with E-state index in [1.54, 1.807) is 13.2 Å². The third-order valence-electron chi connectivity index (χ3n) is 4.66. The van der Waals surface area contributed by atoms with Crippen LogP contribution in [0.5, 0.6) is 17.2 Å². The molecular weight excluding hydrogens is 376 g/mol. The SMILES string of the molecule is COc1cccc(Oc2ccccc2NC(=O)CNc2cccc3ccccc23)c1. The number of fused-ring (bicyclic) bond motifs is 1. The molecule has 150 valence electrons. The van der Waals surface area contributed by atoms with Gasteiger partial charge in [0, 0.05) is 17.1 Å². The molecule has 2 N–H and O–H groups in total. The molecule has 0 saturated heterocycles. The average molecular weight is 398 g/mol. The molecular formula is C25H22N2O3. The summed E-state index contributed by atoms with van der Waals surface area (Å²) in [6.07, 6.45) is 0. The van der Waals surface area contributed by atoms with Gasteiger partial charge in [-0.2, -0.15) is 0 Å². The smallest absolute Gasteiger partial charge is 0.243 e. The van der Waals surface area contributed by atoms with E-state index in [4.69, 9.17) is 9.47 Å². The van der Waals surface area contributed by atoms with Crippen LogP contribution in [0.3, 0.4) is 0 Å². The Morgan fingerprint density at radius 2 is 1.50 bits per heavy atom. The Kier molecular flexibility index (Phi) is 5.80. The monoisotopic (exact) mass is 398 g/mol. The van der Waals surface area contributed by atoms with Gasteiger partial charge in [0.05, 0.1) is 19.3 Å². The molecule has 0 aromatic heterocycles. The third kappa shape index (κ3) is 4.52. The van der Waals surface area contributed by atoms with Crippen molar-refractivity contribution in [2.24, 2.45) is 0 Å². The highest BCUT2D eigenvalue weighted by Crippen LogP contribution is 2.31. The summed E-state index contributed by atoms with van der Waals surface area (Å²) in [7, 11) is 1.61. The summed E-state index contributed by atoms with van der Waals surface area (Å²) in [6, 6.07) is 28.7. The van der Waals surface area contributed by atoms with Crippen LogP contribution in [-0.4, -0.2) is 19.6 Å². The van der Waals surface area contributed by atoms with Gasteiger partial charge in [-0.15, -0.1) is 0 Å². The maximum atomic E-state index is 12.6. The molecule has 5 heteroatoms. The molecule has 0 bridgehead atoms. The average Bonchev–Trinajstić information content (AvgIpc) is 2.79. The molecule has 4 rings (SSSR count). The van der Waals surface area contributed by atoms with Gasteiger partial charge >= 0.3 is 0 Å². The van der Waals surface area contributed by atoms with Gasteiger partial charge in [0.25, 0.3) is 0 Å². The van der Waals surface area contributed by atoms with Crippen molar-refractivity contribution >= 4 is 28.1 Å². The second-order valence-corrected chi connectivity index (χ2v) is 6.71. The van der Waals surface area contributed by atoms with Crippen LogP contribution in [0, 0.1) is 0 Å². The van der Waals surface area contributed by atoms with Gasteiger partial charge in [0.2, 0.25) is 5.91 Å². The first-order valence-corrected chi connectivity index (χ1v) is 9.65. The lowest BCUT2D eigenvalue weighted by molar-refractivity contribution is -0.114. The highest BCUT2D eigenvalue weighted by Gasteiger charge is 2.10. The number of methoxy groups -OCH3 is 1. The van der Waals surface area contributed by atoms with Crippen molar-refractivity contribution in [2.75, 3.05) is 24.3 Å². The zero-order valence-corrected chi connectivity index (χ0v) is 16.6. The zero-order valence-electron chi connectivity index (χ0n) is 16.6. The van der Waals surface area contributed by atoms with Gasteiger partial charge in [-0.3, -0.25) is 4.79 Å². The fraction of sp³-hybridized carbons (Fsp3) is 0.0800. The summed E-state index contributed by atoms with van der Waals surface area (Å²) in [6.45, 7) is 0.140. The quantitative estimate of drug-likeness (QED) is 0.420. The van der Waals surface area contributed by atoms with Gasteiger partial charge in [0.1, 0.15) is 11.5 Å². The van der Waals surface area contributed by atoms with Crippen LogP contribution in [0.1, 0.15) is 0 Å². The van der Waals surface area contributed by atoms with E-state index in [-0.39, 0.29) is 12.5 Å². The Bertz CT molecular complexity index is 1170. The highest BCUT2D eigenvalue weighted by molar-refractivity contribution is 5.98. The molecule has 30 heavy (non-hydrogen) atoms. The molecule has 0 saturated carbocycles. The van der Waals surface area contributed by atoms with Crippen molar-refractivity contribution in [2.45, 2.75) is 0 Å². The number of carbonyl (C=O) groups excluding carboxylic acids is 1. The zero-order chi connectivity index (χ0) is 20.8. The molecule has 0 radical (unpaired) electrons. The number of hydrogen-bond acceptors (Lipinski definition) is 4. The fourth-order valence-electron chi connectivity index (χ4n) is 3.20. The van der Waals surface area contributed by atoms with E-state index in [0.29, 0.717) is 22.9 Å². The second-order valence-electron chi connectivity index (χ2n) is 6.71. The first-order chi connectivity index (χ1) is 14.7. The normalized spacial score (nSPS) is 10.4. The van der Waals surface area contributed by atoms with Crippen LogP contribution in [0.15, 0.2) is 91.0 Å². The molecule has 4 aromatic rings. The molecule has 4 aromatic carbocycles. The first kappa shape index (κ1) is 19.3. The summed E-state index contributed by atoms with van der Waals surface area (Å²) in [5.74, 6) is 1.73. The number of benzene rings is 4. The number of ether oxygens (including phenoxy) is 2. The van der Waals surface area contributed by atoms with Gasteiger partial charge in [-0.25, -0.2) is 0 Å². The van der Waals surface area contributed by atoms with Crippen molar-refractivity contribution in [1.29, 1.82) is 0 Å². The predicted octanol–water partition coefficient (Wildman–Crippen LogP) is 5.69. The summed E-state index contributed by atoms with van der Waals surface area (Å²) < 4.78 is 11.2. The summed E-state index contributed by atoms with van der Waals surface area (Å²) in [4.78, 5) is 12.6. The summed E-state index contributed by atoms with van der Waals surface area (Å²) in [5.41, 5.74) is 1.52. The van der Waals surface area contributed by atoms with Crippen LogP contribution < -0.4 is 20.1 Å². The molecule has 0 aliphatic heterocycles. The van der Waals surface area contributed by atoms with Crippen molar-refractivity contribution in [1.82, 2.24) is 0 Å². The number of amides is 1. The second kappa shape index (κ2) is 9.01. The van der Waals surface area contributed by atoms with Crippen LogP contribution in [-0.2, 0) is 4.79 Å². The molecule has 0 aliphatic carbocycles. The fourth-order valence-corrected chi connectivity index (χ4v) is 3.20. The van der Waals surface area contributed by atoms with Crippen LogP contribution in [0.25, 0.3) is 10.8 Å². The number of carbonyl (C=O) groups is 1. The Morgan fingerprint density at radius 3 is 2.40 bits per heavy atom.